The van der Waals surface area contributed by atoms with Crippen LogP contribution in [0.2, 0.25) is 0 Å². The SMILES string of the molecule is O=C(CCN1CCOCC1)Nc1cc2c(cc1C(=O)c1cccc(F)c1)OCCO2. The van der Waals surface area contributed by atoms with Gasteiger partial charge in [-0.25, -0.2) is 4.39 Å². The van der Waals surface area contributed by atoms with Crippen LogP contribution in [0.15, 0.2) is 36.4 Å². The minimum Gasteiger partial charge on any atom is -0.486 e. The number of fused-ring (bicyclic) bond motifs is 1. The summed E-state index contributed by atoms with van der Waals surface area (Å²) in [6.45, 7) is 4.26. The summed E-state index contributed by atoms with van der Waals surface area (Å²) in [7, 11) is 0. The van der Waals surface area contributed by atoms with Gasteiger partial charge < -0.3 is 19.5 Å². The topological polar surface area (TPSA) is 77.1 Å². The van der Waals surface area contributed by atoms with E-state index in [1.807, 2.05) is 0 Å². The molecule has 0 aliphatic carbocycles. The van der Waals surface area contributed by atoms with E-state index in [1.165, 1.54) is 24.3 Å². The van der Waals surface area contributed by atoms with E-state index in [9.17, 15) is 14.0 Å². The fraction of sp³-hybridized carbons (Fsp3) is 0.364. The van der Waals surface area contributed by atoms with Crippen LogP contribution in [0.4, 0.5) is 10.1 Å². The van der Waals surface area contributed by atoms with Gasteiger partial charge in [-0.15, -0.1) is 0 Å². The molecule has 0 aromatic heterocycles. The maximum atomic E-state index is 13.6. The molecule has 0 bridgehead atoms. The van der Waals surface area contributed by atoms with Crippen LogP contribution in [0.5, 0.6) is 11.5 Å². The second-order valence-corrected chi connectivity index (χ2v) is 7.13. The van der Waals surface area contributed by atoms with Crippen molar-refractivity contribution in [2.24, 2.45) is 0 Å². The van der Waals surface area contributed by atoms with Crippen molar-refractivity contribution in [2.45, 2.75) is 6.42 Å². The molecule has 158 valence electrons. The first-order valence-electron chi connectivity index (χ1n) is 9.94. The largest absolute Gasteiger partial charge is 0.486 e. The predicted octanol–water partition coefficient (Wildman–Crippen LogP) is 2.49. The lowest BCUT2D eigenvalue weighted by molar-refractivity contribution is -0.116. The van der Waals surface area contributed by atoms with E-state index in [-0.39, 0.29) is 23.5 Å². The number of carbonyl (C=O) groups is 2. The molecule has 2 aromatic carbocycles. The molecular weight excluding hydrogens is 391 g/mol. The summed E-state index contributed by atoms with van der Waals surface area (Å²) in [5, 5.41) is 2.82. The van der Waals surface area contributed by atoms with Crippen LogP contribution in [0.3, 0.4) is 0 Å². The molecule has 1 amide bonds. The van der Waals surface area contributed by atoms with Gasteiger partial charge in [0.1, 0.15) is 19.0 Å². The Morgan fingerprint density at radius 2 is 1.73 bits per heavy atom. The Kier molecular flexibility index (Phi) is 6.25. The van der Waals surface area contributed by atoms with Gasteiger partial charge in [-0.3, -0.25) is 14.5 Å². The number of anilines is 1. The molecule has 2 aliphatic heterocycles. The van der Waals surface area contributed by atoms with Gasteiger partial charge in [0.25, 0.3) is 0 Å². The number of carbonyl (C=O) groups excluding carboxylic acids is 2. The fourth-order valence-corrected chi connectivity index (χ4v) is 3.46. The number of amides is 1. The maximum absolute atomic E-state index is 13.6. The first-order chi connectivity index (χ1) is 14.6. The number of hydrogen-bond acceptors (Lipinski definition) is 6. The van der Waals surface area contributed by atoms with Crippen molar-refractivity contribution in [1.82, 2.24) is 4.90 Å². The Morgan fingerprint density at radius 3 is 2.47 bits per heavy atom. The average Bonchev–Trinajstić information content (AvgIpc) is 2.77. The highest BCUT2D eigenvalue weighted by Gasteiger charge is 2.22. The zero-order chi connectivity index (χ0) is 20.9. The molecule has 0 unspecified atom stereocenters. The second kappa shape index (κ2) is 9.23. The van der Waals surface area contributed by atoms with Crippen LogP contribution in [0.1, 0.15) is 22.3 Å². The number of morpholine rings is 1. The molecule has 1 N–H and O–H groups in total. The second-order valence-electron chi connectivity index (χ2n) is 7.13. The van der Waals surface area contributed by atoms with Crippen molar-refractivity contribution in [3.8, 4) is 11.5 Å². The van der Waals surface area contributed by atoms with E-state index in [4.69, 9.17) is 14.2 Å². The van der Waals surface area contributed by atoms with Gasteiger partial charge in [-0.1, -0.05) is 12.1 Å². The number of hydrogen-bond donors (Lipinski definition) is 1. The normalized spacial score (nSPS) is 16.2. The molecule has 2 aromatic rings. The van der Waals surface area contributed by atoms with Crippen LogP contribution in [-0.2, 0) is 9.53 Å². The lowest BCUT2D eigenvalue weighted by atomic mass is 10.0. The van der Waals surface area contributed by atoms with Crippen LogP contribution >= 0.6 is 0 Å². The van der Waals surface area contributed by atoms with Crippen LogP contribution in [0, 0.1) is 5.82 Å². The van der Waals surface area contributed by atoms with Gasteiger partial charge in [0.2, 0.25) is 5.91 Å². The highest BCUT2D eigenvalue weighted by atomic mass is 19.1. The van der Waals surface area contributed by atoms with E-state index in [0.717, 1.165) is 13.1 Å². The Morgan fingerprint density at radius 1 is 1.00 bits per heavy atom. The summed E-state index contributed by atoms with van der Waals surface area (Å²) in [6, 6.07) is 8.58. The van der Waals surface area contributed by atoms with Crippen molar-refractivity contribution in [3.05, 3.63) is 53.3 Å². The molecule has 1 saturated heterocycles. The smallest absolute Gasteiger partial charge is 0.225 e. The van der Waals surface area contributed by atoms with Crippen LogP contribution < -0.4 is 14.8 Å². The Hall–Kier alpha value is -2.97. The molecule has 4 rings (SSSR count). The molecule has 7 nitrogen and oxygen atoms in total. The third kappa shape index (κ3) is 4.77. The first-order valence-corrected chi connectivity index (χ1v) is 9.94. The monoisotopic (exact) mass is 414 g/mol. The Labute approximate surface area is 173 Å². The summed E-state index contributed by atoms with van der Waals surface area (Å²) in [4.78, 5) is 27.8. The fourth-order valence-electron chi connectivity index (χ4n) is 3.46. The van der Waals surface area contributed by atoms with Gasteiger partial charge in [0, 0.05) is 37.7 Å². The summed E-state index contributed by atoms with van der Waals surface area (Å²) < 4.78 is 30.1. The molecule has 30 heavy (non-hydrogen) atoms. The highest BCUT2D eigenvalue weighted by Crippen LogP contribution is 2.36. The minimum absolute atomic E-state index is 0.190. The lowest BCUT2D eigenvalue weighted by Crippen LogP contribution is -2.38. The molecule has 1 fully saturated rings. The van der Waals surface area contributed by atoms with Crippen LogP contribution in [-0.4, -0.2) is 62.7 Å². The molecule has 8 heteroatoms. The Balaban J connectivity index is 1.55. The Bertz CT molecular complexity index is 943. The van der Waals surface area contributed by atoms with Crippen molar-refractivity contribution < 1.29 is 28.2 Å². The molecule has 0 radical (unpaired) electrons. The van der Waals surface area contributed by atoms with E-state index < -0.39 is 11.6 Å². The van der Waals surface area contributed by atoms with Crippen molar-refractivity contribution >= 4 is 17.4 Å². The predicted molar refractivity (Wildman–Crippen MR) is 108 cm³/mol. The number of ether oxygens (including phenoxy) is 3. The standard InChI is InChI=1S/C22H23FN2O5/c23-16-3-1-2-15(12-16)22(27)17-13-19-20(30-11-10-29-19)14-18(17)24-21(26)4-5-25-6-8-28-9-7-25/h1-3,12-14H,4-11H2,(H,24,26). The lowest BCUT2D eigenvalue weighted by Gasteiger charge is -2.26. The number of nitrogens with one attached hydrogen (secondary N) is 1. The quantitative estimate of drug-likeness (QED) is 0.732. The molecule has 2 heterocycles. The van der Waals surface area contributed by atoms with E-state index in [1.54, 1.807) is 12.1 Å². The van der Waals surface area contributed by atoms with Gasteiger partial charge in [0.05, 0.1) is 24.5 Å². The van der Waals surface area contributed by atoms with Crippen molar-refractivity contribution in [1.29, 1.82) is 0 Å². The van der Waals surface area contributed by atoms with Crippen molar-refractivity contribution in [2.75, 3.05) is 51.4 Å². The number of benzene rings is 2. The summed E-state index contributed by atoms with van der Waals surface area (Å²) >= 11 is 0. The van der Waals surface area contributed by atoms with Crippen molar-refractivity contribution in [3.63, 3.8) is 0 Å². The van der Waals surface area contributed by atoms with E-state index in [2.05, 4.69) is 10.2 Å². The molecule has 0 spiro atoms. The van der Waals surface area contributed by atoms with E-state index >= 15 is 0 Å². The number of rotatable bonds is 6. The number of ketones is 1. The summed E-state index contributed by atoms with van der Waals surface area (Å²) in [5.41, 5.74) is 0.737. The molecule has 0 saturated carbocycles. The summed E-state index contributed by atoms with van der Waals surface area (Å²) in [5.74, 6) is -0.247. The minimum atomic E-state index is -0.505. The van der Waals surface area contributed by atoms with Gasteiger partial charge >= 0.3 is 0 Å². The molecule has 2 aliphatic rings. The van der Waals surface area contributed by atoms with Gasteiger partial charge in [-0.2, -0.15) is 0 Å². The van der Waals surface area contributed by atoms with Gasteiger partial charge in [0.15, 0.2) is 17.3 Å². The zero-order valence-electron chi connectivity index (χ0n) is 16.5. The average molecular weight is 414 g/mol. The number of nitrogens with zero attached hydrogens (tertiary/aromatic N) is 1. The highest BCUT2D eigenvalue weighted by molar-refractivity contribution is 6.14. The molecular formula is C22H23FN2O5. The maximum Gasteiger partial charge on any atom is 0.225 e. The third-order valence-electron chi connectivity index (χ3n) is 5.05. The molecule has 0 atom stereocenters. The van der Waals surface area contributed by atoms with Crippen LogP contribution in [0.25, 0.3) is 0 Å². The third-order valence-corrected chi connectivity index (χ3v) is 5.05. The summed E-state index contributed by atoms with van der Waals surface area (Å²) in [6.07, 6.45) is 0.280. The zero-order valence-corrected chi connectivity index (χ0v) is 16.5. The number of halogens is 1. The van der Waals surface area contributed by atoms with E-state index in [0.29, 0.717) is 50.2 Å². The first kappa shape index (κ1) is 20.3. The van der Waals surface area contributed by atoms with Gasteiger partial charge in [-0.05, 0) is 18.2 Å².